The maximum atomic E-state index is 12.9. The number of benzene rings is 1. The molecule has 1 heterocycles. The van der Waals surface area contributed by atoms with Gasteiger partial charge in [0.15, 0.2) is 11.5 Å². The number of likely N-dealkylation sites (N-methyl/N-ethyl adjacent to an activating group) is 1. The maximum absolute atomic E-state index is 12.9. The quantitative estimate of drug-likeness (QED) is 0.655. The van der Waals surface area contributed by atoms with Crippen molar-refractivity contribution in [3.05, 3.63) is 22.7 Å². The summed E-state index contributed by atoms with van der Waals surface area (Å²) >= 11 is 6.37. The average Bonchev–Trinajstić information content (AvgIpc) is 3.11. The summed E-state index contributed by atoms with van der Waals surface area (Å²) in [6.07, 6.45) is 3.05. The summed E-state index contributed by atoms with van der Waals surface area (Å²) in [6.45, 7) is 8.91. The van der Waals surface area contributed by atoms with Crippen LogP contribution < -0.4 is 9.47 Å². The van der Waals surface area contributed by atoms with Gasteiger partial charge in [-0.15, -0.1) is 0 Å². The molecule has 6 heteroatoms. The first kappa shape index (κ1) is 19.9. The van der Waals surface area contributed by atoms with E-state index in [9.17, 15) is 4.79 Å². The molecular weight excluding hydrogens is 342 g/mol. The van der Waals surface area contributed by atoms with E-state index in [0.717, 1.165) is 25.9 Å². The summed E-state index contributed by atoms with van der Waals surface area (Å²) in [5.41, 5.74) is 0.511. The summed E-state index contributed by atoms with van der Waals surface area (Å²) < 4.78 is 17.0. The van der Waals surface area contributed by atoms with Crippen LogP contribution in [0.4, 0.5) is 0 Å². The second-order valence-electron chi connectivity index (χ2n) is 6.05. The number of hydrogen-bond donors (Lipinski definition) is 0. The van der Waals surface area contributed by atoms with Gasteiger partial charge in [0, 0.05) is 25.3 Å². The van der Waals surface area contributed by atoms with E-state index in [1.807, 2.05) is 20.8 Å². The van der Waals surface area contributed by atoms with Gasteiger partial charge >= 0.3 is 0 Å². The molecule has 1 atom stereocenters. The summed E-state index contributed by atoms with van der Waals surface area (Å²) in [6, 6.07) is 3.39. The summed E-state index contributed by atoms with van der Waals surface area (Å²) in [4.78, 5) is 14.7. The molecule has 0 radical (unpaired) electrons. The van der Waals surface area contributed by atoms with Crippen molar-refractivity contribution in [3.63, 3.8) is 0 Å². The van der Waals surface area contributed by atoms with Gasteiger partial charge in [-0.3, -0.25) is 4.79 Å². The maximum Gasteiger partial charge on any atom is 0.254 e. The van der Waals surface area contributed by atoms with Crippen molar-refractivity contribution >= 4 is 17.5 Å². The molecule has 1 aliphatic rings. The highest BCUT2D eigenvalue weighted by Gasteiger charge is 2.24. The number of carbonyl (C=O) groups excluding carboxylic acids is 1. The molecule has 25 heavy (non-hydrogen) atoms. The highest BCUT2D eigenvalue weighted by atomic mass is 35.5. The molecule has 0 saturated carbocycles. The summed E-state index contributed by atoms with van der Waals surface area (Å²) in [7, 11) is 0. The van der Waals surface area contributed by atoms with Crippen LogP contribution in [-0.4, -0.2) is 49.8 Å². The molecule has 140 valence electrons. The van der Waals surface area contributed by atoms with Crippen molar-refractivity contribution in [1.29, 1.82) is 0 Å². The fourth-order valence-electron chi connectivity index (χ4n) is 2.87. The minimum atomic E-state index is -0.0668. The van der Waals surface area contributed by atoms with E-state index in [1.54, 1.807) is 17.0 Å². The number of hydrogen-bond acceptors (Lipinski definition) is 4. The topological polar surface area (TPSA) is 48.0 Å². The normalized spacial score (nSPS) is 16.7. The van der Waals surface area contributed by atoms with Crippen LogP contribution in [0.25, 0.3) is 0 Å². The highest BCUT2D eigenvalue weighted by molar-refractivity contribution is 6.32. The van der Waals surface area contributed by atoms with Crippen molar-refractivity contribution in [3.8, 4) is 11.5 Å². The first-order chi connectivity index (χ1) is 12.1. The summed E-state index contributed by atoms with van der Waals surface area (Å²) in [5, 5.41) is 0.399. The first-order valence-electron chi connectivity index (χ1n) is 9.10. The second kappa shape index (κ2) is 9.88. The number of halogens is 1. The fourth-order valence-corrected chi connectivity index (χ4v) is 3.14. The minimum Gasteiger partial charge on any atom is -0.490 e. The molecule has 5 nitrogen and oxygen atoms in total. The van der Waals surface area contributed by atoms with Crippen LogP contribution in [0.5, 0.6) is 11.5 Å². The number of carbonyl (C=O) groups is 1. The highest BCUT2D eigenvalue weighted by Crippen LogP contribution is 2.37. The van der Waals surface area contributed by atoms with Crippen LogP contribution in [0.1, 0.15) is 50.4 Å². The second-order valence-corrected chi connectivity index (χ2v) is 6.45. The van der Waals surface area contributed by atoms with Gasteiger partial charge in [-0.1, -0.05) is 18.5 Å². The molecule has 0 aliphatic carbocycles. The van der Waals surface area contributed by atoms with Crippen molar-refractivity contribution in [1.82, 2.24) is 4.90 Å². The van der Waals surface area contributed by atoms with E-state index in [0.29, 0.717) is 48.4 Å². The molecule has 1 aliphatic heterocycles. The fraction of sp³-hybridized carbons (Fsp3) is 0.632. The molecule has 0 aromatic heterocycles. The molecule has 0 N–H and O–H groups in total. The number of rotatable bonds is 9. The Bertz CT molecular complexity index is 573. The zero-order chi connectivity index (χ0) is 18.2. The van der Waals surface area contributed by atoms with Crippen LogP contribution in [0.3, 0.4) is 0 Å². The molecule has 1 aromatic rings. The lowest BCUT2D eigenvalue weighted by atomic mass is 10.1. The van der Waals surface area contributed by atoms with Crippen molar-refractivity contribution < 1.29 is 19.0 Å². The van der Waals surface area contributed by atoms with E-state index < -0.39 is 0 Å². The molecule has 1 unspecified atom stereocenters. The summed E-state index contributed by atoms with van der Waals surface area (Å²) in [5.74, 6) is 0.951. The zero-order valence-corrected chi connectivity index (χ0v) is 16.1. The van der Waals surface area contributed by atoms with Crippen LogP contribution in [0.2, 0.25) is 5.02 Å². The predicted molar refractivity (Wildman–Crippen MR) is 99.0 cm³/mol. The van der Waals surface area contributed by atoms with Gasteiger partial charge in [0.1, 0.15) is 0 Å². The monoisotopic (exact) mass is 369 g/mol. The Morgan fingerprint density at radius 3 is 2.72 bits per heavy atom. The Morgan fingerprint density at radius 1 is 1.32 bits per heavy atom. The Morgan fingerprint density at radius 2 is 2.12 bits per heavy atom. The molecule has 2 rings (SSSR count). The predicted octanol–water partition coefficient (Wildman–Crippen LogP) is 4.17. The number of ether oxygens (including phenoxy) is 3. The Kier molecular flexibility index (Phi) is 7.85. The lowest BCUT2D eigenvalue weighted by Crippen LogP contribution is -2.37. The van der Waals surface area contributed by atoms with Gasteiger partial charge in [0.2, 0.25) is 0 Å². The van der Waals surface area contributed by atoms with Gasteiger partial charge in [-0.25, -0.2) is 0 Å². The molecule has 1 saturated heterocycles. The van der Waals surface area contributed by atoms with Crippen molar-refractivity contribution in [2.45, 2.75) is 46.1 Å². The van der Waals surface area contributed by atoms with E-state index >= 15 is 0 Å². The molecule has 1 aromatic carbocycles. The molecule has 1 amide bonds. The van der Waals surface area contributed by atoms with Gasteiger partial charge in [0.25, 0.3) is 5.91 Å². The number of amides is 1. The lowest BCUT2D eigenvalue weighted by molar-refractivity contribution is 0.0539. The van der Waals surface area contributed by atoms with Crippen molar-refractivity contribution in [2.24, 2.45) is 0 Å². The third kappa shape index (κ3) is 5.25. The standard InChI is InChI=1S/C19H28ClNO4/c1-4-9-25-18-16(20)11-14(12-17(18)23-6-3)19(22)21(5-2)13-15-8-7-10-24-15/h11-12,15H,4-10,13H2,1-3H3. The molecule has 0 spiro atoms. The third-order valence-electron chi connectivity index (χ3n) is 4.12. The lowest BCUT2D eigenvalue weighted by Gasteiger charge is -2.24. The molecular formula is C19H28ClNO4. The van der Waals surface area contributed by atoms with Crippen LogP contribution in [0.15, 0.2) is 12.1 Å². The molecule has 1 fully saturated rings. The van der Waals surface area contributed by atoms with Gasteiger partial charge in [-0.2, -0.15) is 0 Å². The van der Waals surface area contributed by atoms with E-state index in [-0.39, 0.29) is 12.0 Å². The smallest absolute Gasteiger partial charge is 0.254 e. The SMILES string of the molecule is CCCOc1c(Cl)cc(C(=O)N(CC)CC2CCCO2)cc1OCC. The Hall–Kier alpha value is -1.46. The Labute approximate surface area is 155 Å². The minimum absolute atomic E-state index is 0.0668. The van der Waals surface area contributed by atoms with Crippen LogP contribution in [0, 0.1) is 0 Å². The van der Waals surface area contributed by atoms with E-state index in [2.05, 4.69) is 0 Å². The van der Waals surface area contributed by atoms with Crippen LogP contribution in [-0.2, 0) is 4.74 Å². The first-order valence-corrected chi connectivity index (χ1v) is 9.48. The molecule has 0 bridgehead atoms. The average molecular weight is 370 g/mol. The van der Waals surface area contributed by atoms with Gasteiger partial charge < -0.3 is 19.1 Å². The van der Waals surface area contributed by atoms with Crippen LogP contribution >= 0.6 is 11.6 Å². The van der Waals surface area contributed by atoms with Gasteiger partial charge in [0.05, 0.1) is 24.3 Å². The van der Waals surface area contributed by atoms with Gasteiger partial charge in [-0.05, 0) is 45.2 Å². The van der Waals surface area contributed by atoms with Crippen molar-refractivity contribution in [2.75, 3.05) is 32.9 Å². The number of nitrogens with zero attached hydrogens (tertiary/aromatic N) is 1. The Balaban J connectivity index is 2.21. The van der Waals surface area contributed by atoms with E-state index in [4.69, 9.17) is 25.8 Å². The largest absolute Gasteiger partial charge is 0.490 e. The van der Waals surface area contributed by atoms with E-state index in [1.165, 1.54) is 0 Å². The zero-order valence-electron chi connectivity index (χ0n) is 15.3. The third-order valence-corrected chi connectivity index (χ3v) is 4.40.